The molecule has 0 atom stereocenters. The molecule has 1 saturated heterocycles. The van der Waals surface area contributed by atoms with Crippen LogP contribution in [0.25, 0.3) is 11.0 Å². The van der Waals surface area contributed by atoms with E-state index in [-0.39, 0.29) is 11.4 Å². The van der Waals surface area contributed by atoms with E-state index < -0.39 is 0 Å². The van der Waals surface area contributed by atoms with Crippen LogP contribution in [0.15, 0.2) is 18.2 Å². The molecular formula is C24H38N6OS. The molecule has 2 aromatic rings. The van der Waals surface area contributed by atoms with Gasteiger partial charge < -0.3 is 19.1 Å². The van der Waals surface area contributed by atoms with Gasteiger partial charge >= 0.3 is 6.03 Å². The van der Waals surface area contributed by atoms with Crippen LogP contribution in [0.5, 0.6) is 0 Å². The van der Waals surface area contributed by atoms with Crippen molar-refractivity contribution in [3.05, 3.63) is 24.0 Å². The third-order valence-corrected chi connectivity index (χ3v) is 7.58. The zero-order chi connectivity index (χ0) is 22.9. The molecule has 32 heavy (non-hydrogen) atoms. The number of hydrogen-bond donors (Lipinski definition) is 1. The zero-order valence-electron chi connectivity index (χ0n) is 20.2. The van der Waals surface area contributed by atoms with E-state index in [0.717, 1.165) is 62.6 Å². The van der Waals surface area contributed by atoms with Crippen LogP contribution in [0.2, 0.25) is 0 Å². The van der Waals surface area contributed by atoms with E-state index >= 15 is 0 Å². The van der Waals surface area contributed by atoms with Crippen molar-refractivity contribution in [2.24, 2.45) is 0 Å². The maximum absolute atomic E-state index is 12.5. The lowest BCUT2D eigenvalue weighted by atomic mass is 9.96. The summed E-state index contributed by atoms with van der Waals surface area (Å²) in [5.74, 6) is 1.13. The first kappa shape index (κ1) is 23.2. The van der Waals surface area contributed by atoms with E-state index in [2.05, 4.69) is 71.4 Å². The second-order valence-corrected chi connectivity index (χ2v) is 11.3. The minimum Gasteiger partial charge on any atom is -0.335 e. The molecule has 0 radical (unpaired) electrons. The van der Waals surface area contributed by atoms with Crippen LogP contribution in [0, 0.1) is 0 Å². The lowest BCUT2D eigenvalue weighted by Gasteiger charge is -2.36. The number of nitrogens with zero attached hydrogens (tertiary/aromatic N) is 5. The third-order valence-electron chi connectivity index (χ3n) is 6.53. The standard InChI is InChI=1S/C24H38N6OS/c1-6-30-21-12-11-19(17-20(21)26-22(30)24(2,3)4)27(5)32-29-15-13-28(14-16-29)23(31)25-18-9-7-8-10-18/h11-12,17-18H,6-10,13-16H2,1-5H3,(H,25,31). The summed E-state index contributed by atoms with van der Waals surface area (Å²) >= 11 is 1.72. The Morgan fingerprint density at radius 2 is 1.88 bits per heavy atom. The van der Waals surface area contributed by atoms with E-state index in [1.807, 2.05) is 4.90 Å². The summed E-state index contributed by atoms with van der Waals surface area (Å²) in [5, 5.41) is 3.21. The molecule has 1 aromatic carbocycles. The number of aromatic nitrogens is 2. The van der Waals surface area contributed by atoms with Gasteiger partial charge in [0.1, 0.15) is 5.82 Å². The first-order valence-electron chi connectivity index (χ1n) is 12.0. The fourth-order valence-corrected chi connectivity index (χ4v) is 5.62. The number of carbonyl (C=O) groups excluding carboxylic acids is 1. The van der Waals surface area contributed by atoms with Gasteiger partial charge in [-0.1, -0.05) is 33.6 Å². The van der Waals surface area contributed by atoms with Crippen LogP contribution >= 0.6 is 12.1 Å². The van der Waals surface area contributed by atoms with E-state index in [9.17, 15) is 4.79 Å². The molecule has 1 aromatic heterocycles. The molecule has 2 amide bonds. The highest BCUT2D eigenvalue weighted by atomic mass is 32.2. The largest absolute Gasteiger partial charge is 0.335 e. The molecule has 1 N–H and O–H groups in total. The molecule has 0 spiro atoms. The number of hydrogen-bond acceptors (Lipinski definition) is 5. The van der Waals surface area contributed by atoms with Crippen molar-refractivity contribution in [1.82, 2.24) is 24.1 Å². The Morgan fingerprint density at radius 3 is 2.50 bits per heavy atom. The normalized spacial score (nSPS) is 18.5. The number of imidazole rings is 1. The number of piperazine rings is 1. The Morgan fingerprint density at radius 1 is 1.19 bits per heavy atom. The van der Waals surface area contributed by atoms with Crippen LogP contribution in [-0.4, -0.2) is 64.1 Å². The smallest absolute Gasteiger partial charge is 0.317 e. The van der Waals surface area contributed by atoms with Gasteiger partial charge in [-0.3, -0.25) is 0 Å². The third kappa shape index (κ3) is 5.01. The van der Waals surface area contributed by atoms with Gasteiger partial charge in [0.2, 0.25) is 0 Å². The molecule has 0 unspecified atom stereocenters. The van der Waals surface area contributed by atoms with Crippen molar-refractivity contribution in [2.75, 3.05) is 37.5 Å². The molecule has 2 aliphatic rings. The highest BCUT2D eigenvalue weighted by Gasteiger charge is 2.26. The average Bonchev–Trinajstić information content (AvgIpc) is 3.40. The molecule has 2 fully saturated rings. The Balaban J connectivity index is 1.36. The van der Waals surface area contributed by atoms with E-state index in [4.69, 9.17) is 4.98 Å². The quantitative estimate of drug-likeness (QED) is 0.663. The minimum absolute atomic E-state index is 0.0135. The van der Waals surface area contributed by atoms with Gasteiger partial charge in [0, 0.05) is 63.4 Å². The highest BCUT2D eigenvalue weighted by molar-refractivity contribution is 7.98. The number of rotatable bonds is 5. The molecule has 8 heteroatoms. The maximum atomic E-state index is 12.5. The molecule has 176 valence electrons. The van der Waals surface area contributed by atoms with Crippen molar-refractivity contribution in [1.29, 1.82) is 0 Å². The Kier molecular flexibility index (Phi) is 6.91. The van der Waals surface area contributed by atoms with Crippen molar-refractivity contribution in [3.63, 3.8) is 0 Å². The highest BCUT2D eigenvalue weighted by Crippen LogP contribution is 2.31. The average molecular weight is 459 g/mol. The summed E-state index contributed by atoms with van der Waals surface area (Å²) in [6.45, 7) is 13.0. The molecule has 2 heterocycles. The Hall–Kier alpha value is -1.93. The minimum atomic E-state index is 0.0135. The number of amides is 2. The lowest BCUT2D eigenvalue weighted by Crippen LogP contribution is -2.52. The van der Waals surface area contributed by atoms with Crippen molar-refractivity contribution in [2.45, 2.75) is 71.4 Å². The van der Waals surface area contributed by atoms with E-state index in [1.54, 1.807) is 12.1 Å². The molecular weight excluding hydrogens is 420 g/mol. The van der Waals surface area contributed by atoms with Crippen LogP contribution < -0.4 is 9.62 Å². The van der Waals surface area contributed by atoms with Crippen LogP contribution in [0.3, 0.4) is 0 Å². The van der Waals surface area contributed by atoms with Crippen LogP contribution in [-0.2, 0) is 12.0 Å². The van der Waals surface area contributed by atoms with Crippen molar-refractivity contribution in [3.8, 4) is 0 Å². The van der Waals surface area contributed by atoms with Crippen molar-refractivity contribution < 1.29 is 4.79 Å². The molecule has 1 aliphatic carbocycles. The number of aryl methyl sites for hydroxylation is 1. The Bertz CT molecular complexity index is 938. The SMILES string of the molecule is CCn1c(C(C)(C)C)nc2cc(N(C)SN3CCN(C(=O)NC4CCCC4)CC3)ccc21. The van der Waals surface area contributed by atoms with Gasteiger partial charge in [-0.15, -0.1) is 0 Å². The van der Waals surface area contributed by atoms with E-state index in [0.29, 0.717) is 6.04 Å². The maximum Gasteiger partial charge on any atom is 0.317 e. The Labute approximate surface area is 196 Å². The summed E-state index contributed by atoms with van der Waals surface area (Å²) in [7, 11) is 2.10. The van der Waals surface area contributed by atoms with Gasteiger partial charge in [-0.25, -0.2) is 14.1 Å². The molecule has 7 nitrogen and oxygen atoms in total. The number of benzene rings is 1. The predicted molar refractivity (Wildman–Crippen MR) is 134 cm³/mol. The monoisotopic (exact) mass is 458 g/mol. The van der Waals surface area contributed by atoms with Gasteiger partial charge in [-0.05, 0) is 38.0 Å². The van der Waals surface area contributed by atoms with Gasteiger partial charge in [-0.2, -0.15) is 0 Å². The summed E-state index contributed by atoms with van der Waals surface area (Å²) < 4.78 is 6.87. The fraction of sp³-hybridized carbons (Fsp3) is 0.667. The summed E-state index contributed by atoms with van der Waals surface area (Å²) in [4.78, 5) is 19.5. The number of urea groups is 1. The fourth-order valence-electron chi connectivity index (χ4n) is 4.74. The second-order valence-electron chi connectivity index (χ2n) is 10.0. The van der Waals surface area contributed by atoms with Crippen LogP contribution in [0.1, 0.15) is 59.2 Å². The number of fused-ring (bicyclic) bond motifs is 1. The van der Waals surface area contributed by atoms with Crippen molar-refractivity contribution >= 4 is 34.9 Å². The summed E-state index contributed by atoms with van der Waals surface area (Å²) in [5.41, 5.74) is 3.40. The first-order chi connectivity index (χ1) is 15.3. The van der Waals surface area contributed by atoms with Crippen LogP contribution in [0.4, 0.5) is 10.5 Å². The number of anilines is 1. The summed E-state index contributed by atoms with van der Waals surface area (Å²) in [6, 6.07) is 7.06. The zero-order valence-corrected chi connectivity index (χ0v) is 21.0. The topological polar surface area (TPSA) is 56.6 Å². The van der Waals surface area contributed by atoms with Gasteiger partial charge in [0.15, 0.2) is 0 Å². The molecule has 1 saturated carbocycles. The number of carbonyl (C=O) groups is 1. The second kappa shape index (κ2) is 9.51. The predicted octanol–water partition coefficient (Wildman–Crippen LogP) is 4.62. The number of nitrogens with one attached hydrogen (secondary N) is 1. The molecule has 0 bridgehead atoms. The molecule has 1 aliphatic heterocycles. The van der Waals surface area contributed by atoms with Gasteiger partial charge in [0.05, 0.1) is 16.7 Å². The molecule has 4 rings (SSSR count). The van der Waals surface area contributed by atoms with Gasteiger partial charge in [0.25, 0.3) is 0 Å². The summed E-state index contributed by atoms with van der Waals surface area (Å²) in [6.07, 6.45) is 4.74. The first-order valence-corrected chi connectivity index (χ1v) is 12.7. The van der Waals surface area contributed by atoms with E-state index in [1.165, 1.54) is 18.4 Å². The lowest BCUT2D eigenvalue weighted by molar-refractivity contribution is 0.172.